The van der Waals surface area contributed by atoms with E-state index in [2.05, 4.69) is 19.1 Å². The molecule has 0 aliphatic rings. The molecular weight excluding hydrogens is 179 g/mol. The predicted octanol–water partition coefficient (Wildman–Crippen LogP) is 3.10. The first kappa shape index (κ1) is 12.4. The molecule has 0 heterocycles. The number of nitriles is 2. The molecule has 0 aromatic heterocycles. The maximum Gasteiger partial charge on any atom is 0.0625 e. The van der Waals surface area contributed by atoms with Crippen LogP contribution in [-0.4, -0.2) is 18.5 Å². The molecule has 0 saturated carbocycles. The van der Waals surface area contributed by atoms with Crippen molar-refractivity contribution in [2.45, 2.75) is 32.6 Å². The van der Waals surface area contributed by atoms with Crippen molar-refractivity contribution in [1.82, 2.24) is 0 Å². The zero-order valence-electron chi connectivity index (χ0n) is 8.29. The van der Waals surface area contributed by atoms with Gasteiger partial charge in [0.25, 0.3) is 0 Å². The number of hydrogen-bond acceptors (Lipinski definition) is 2. The van der Waals surface area contributed by atoms with Gasteiger partial charge in [0.2, 0.25) is 0 Å². The summed E-state index contributed by atoms with van der Waals surface area (Å²) in [5.74, 6) is 0. The molecule has 0 saturated heterocycles. The molecular formula is C10H17N2P. The molecule has 0 bridgehead atoms. The van der Waals surface area contributed by atoms with Gasteiger partial charge >= 0.3 is 0 Å². The Morgan fingerprint density at radius 3 is 1.92 bits per heavy atom. The average molecular weight is 196 g/mol. The molecule has 0 spiro atoms. The van der Waals surface area contributed by atoms with Crippen molar-refractivity contribution in [1.29, 1.82) is 10.5 Å². The minimum Gasteiger partial charge on any atom is -0.198 e. The Labute approximate surface area is 82.3 Å². The minimum atomic E-state index is -0.0233. The Kier molecular flexibility index (Phi) is 9.07. The van der Waals surface area contributed by atoms with Crippen LogP contribution in [0.2, 0.25) is 0 Å². The Balaban J connectivity index is 3.62. The molecule has 0 fully saturated rings. The lowest BCUT2D eigenvalue weighted by Gasteiger charge is -2.13. The third-order valence-electron chi connectivity index (χ3n) is 1.91. The molecule has 0 unspecified atom stereocenters. The summed E-state index contributed by atoms with van der Waals surface area (Å²) >= 11 is 0. The molecule has 0 N–H and O–H groups in total. The van der Waals surface area contributed by atoms with E-state index in [-0.39, 0.29) is 7.92 Å². The van der Waals surface area contributed by atoms with Crippen molar-refractivity contribution in [3.05, 3.63) is 0 Å². The lowest BCUT2D eigenvalue weighted by molar-refractivity contribution is 0.887. The molecule has 2 nitrogen and oxygen atoms in total. The van der Waals surface area contributed by atoms with Crippen LogP contribution in [0.15, 0.2) is 0 Å². The number of rotatable bonds is 7. The largest absolute Gasteiger partial charge is 0.198 e. The van der Waals surface area contributed by atoms with Crippen molar-refractivity contribution in [3.8, 4) is 12.1 Å². The number of hydrogen-bond donors (Lipinski definition) is 0. The summed E-state index contributed by atoms with van der Waals surface area (Å²) < 4.78 is 0. The van der Waals surface area contributed by atoms with Gasteiger partial charge in [0.05, 0.1) is 12.1 Å². The van der Waals surface area contributed by atoms with Crippen LogP contribution in [0.4, 0.5) is 0 Å². The van der Waals surface area contributed by atoms with Gasteiger partial charge in [-0.1, -0.05) is 13.3 Å². The maximum atomic E-state index is 8.46. The summed E-state index contributed by atoms with van der Waals surface area (Å²) in [6.45, 7) is 2.18. The number of nitrogens with zero attached hydrogens (tertiary/aromatic N) is 2. The average Bonchev–Trinajstić information content (AvgIpc) is 2.17. The van der Waals surface area contributed by atoms with Gasteiger partial charge in [0, 0.05) is 12.8 Å². The first-order valence-corrected chi connectivity index (χ1v) is 6.71. The van der Waals surface area contributed by atoms with Crippen LogP contribution in [0.1, 0.15) is 32.6 Å². The number of unbranched alkanes of at least 4 members (excludes halogenated alkanes) is 1. The molecule has 0 rings (SSSR count). The molecule has 0 atom stereocenters. The Morgan fingerprint density at radius 1 is 1.00 bits per heavy atom. The van der Waals surface area contributed by atoms with E-state index < -0.39 is 0 Å². The van der Waals surface area contributed by atoms with E-state index in [1.807, 2.05) is 0 Å². The quantitative estimate of drug-likeness (QED) is 0.587. The van der Waals surface area contributed by atoms with Crippen molar-refractivity contribution in [2.75, 3.05) is 18.5 Å². The fraction of sp³-hybridized carbons (Fsp3) is 0.800. The summed E-state index contributed by atoms with van der Waals surface area (Å²) in [5, 5.41) is 16.9. The van der Waals surface area contributed by atoms with Gasteiger partial charge in [-0.15, -0.1) is 7.92 Å². The molecule has 0 radical (unpaired) electrons. The summed E-state index contributed by atoms with van der Waals surface area (Å²) in [4.78, 5) is 0. The molecule has 0 aliphatic carbocycles. The molecule has 0 aromatic carbocycles. The topological polar surface area (TPSA) is 47.6 Å². The molecule has 3 heteroatoms. The van der Waals surface area contributed by atoms with Crippen LogP contribution in [0.25, 0.3) is 0 Å². The van der Waals surface area contributed by atoms with Crippen LogP contribution in [0.5, 0.6) is 0 Å². The van der Waals surface area contributed by atoms with Gasteiger partial charge < -0.3 is 0 Å². The zero-order valence-corrected chi connectivity index (χ0v) is 9.19. The van der Waals surface area contributed by atoms with E-state index in [0.29, 0.717) is 12.8 Å². The fourth-order valence-corrected chi connectivity index (χ4v) is 3.40. The van der Waals surface area contributed by atoms with Crippen molar-refractivity contribution < 1.29 is 0 Å². The predicted molar refractivity (Wildman–Crippen MR) is 56.9 cm³/mol. The molecule has 72 valence electrons. The monoisotopic (exact) mass is 196 g/mol. The summed E-state index contributed by atoms with van der Waals surface area (Å²) in [6, 6.07) is 4.37. The second-order valence-electron chi connectivity index (χ2n) is 3.01. The highest BCUT2D eigenvalue weighted by atomic mass is 31.1. The highest BCUT2D eigenvalue weighted by Crippen LogP contribution is 2.37. The SMILES string of the molecule is CCCCP(CCC#N)CCC#N. The Morgan fingerprint density at radius 2 is 1.54 bits per heavy atom. The summed E-state index contributed by atoms with van der Waals surface area (Å²) in [5.41, 5.74) is 0. The molecule has 0 amide bonds. The van der Waals surface area contributed by atoms with Gasteiger partial charge in [0.15, 0.2) is 0 Å². The zero-order chi connectivity index (χ0) is 9.94. The minimum absolute atomic E-state index is 0.0233. The summed E-state index contributed by atoms with van der Waals surface area (Å²) in [6.07, 6.45) is 7.12. The van der Waals surface area contributed by atoms with Crippen LogP contribution in [0, 0.1) is 22.7 Å². The second-order valence-corrected chi connectivity index (χ2v) is 5.69. The highest BCUT2D eigenvalue weighted by molar-refractivity contribution is 7.57. The van der Waals surface area contributed by atoms with E-state index in [0.717, 1.165) is 12.3 Å². The maximum absolute atomic E-state index is 8.46. The van der Waals surface area contributed by atoms with Crippen molar-refractivity contribution >= 4 is 7.92 Å². The van der Waals surface area contributed by atoms with Crippen LogP contribution < -0.4 is 0 Å². The first-order chi connectivity index (χ1) is 6.35. The van der Waals surface area contributed by atoms with E-state index in [9.17, 15) is 0 Å². The van der Waals surface area contributed by atoms with E-state index >= 15 is 0 Å². The van der Waals surface area contributed by atoms with Crippen LogP contribution in [0.3, 0.4) is 0 Å². The molecule has 0 aromatic rings. The third kappa shape index (κ3) is 7.76. The second kappa shape index (κ2) is 9.50. The summed E-state index contributed by atoms with van der Waals surface area (Å²) in [7, 11) is -0.0233. The smallest absolute Gasteiger partial charge is 0.0625 e. The fourth-order valence-electron chi connectivity index (χ4n) is 1.13. The van der Waals surface area contributed by atoms with E-state index in [1.54, 1.807) is 0 Å². The van der Waals surface area contributed by atoms with E-state index in [1.165, 1.54) is 19.0 Å². The van der Waals surface area contributed by atoms with Gasteiger partial charge in [-0.05, 0) is 24.9 Å². The van der Waals surface area contributed by atoms with Gasteiger partial charge in [-0.3, -0.25) is 0 Å². The first-order valence-electron chi connectivity index (χ1n) is 4.81. The van der Waals surface area contributed by atoms with Crippen molar-refractivity contribution in [2.24, 2.45) is 0 Å². The lowest BCUT2D eigenvalue weighted by Crippen LogP contribution is -1.94. The Hall–Kier alpha value is -0.590. The van der Waals surface area contributed by atoms with E-state index in [4.69, 9.17) is 10.5 Å². The standard InChI is InChI=1S/C10H17N2P/c1-2-3-8-13(9-4-6-11)10-5-7-12/h2-5,8-10H2,1H3. The van der Waals surface area contributed by atoms with Crippen molar-refractivity contribution in [3.63, 3.8) is 0 Å². The normalized spacial score (nSPS) is 9.54. The van der Waals surface area contributed by atoms with Crippen LogP contribution in [-0.2, 0) is 0 Å². The molecule has 0 aliphatic heterocycles. The van der Waals surface area contributed by atoms with Gasteiger partial charge in [-0.25, -0.2) is 0 Å². The highest BCUT2D eigenvalue weighted by Gasteiger charge is 2.05. The Bertz CT molecular complexity index is 172. The molecule has 13 heavy (non-hydrogen) atoms. The third-order valence-corrected chi connectivity index (χ3v) is 4.57. The van der Waals surface area contributed by atoms with Crippen LogP contribution >= 0.6 is 7.92 Å². The van der Waals surface area contributed by atoms with Gasteiger partial charge in [0.1, 0.15) is 0 Å². The lowest BCUT2D eigenvalue weighted by atomic mass is 10.4. The van der Waals surface area contributed by atoms with Gasteiger partial charge in [-0.2, -0.15) is 10.5 Å².